The first-order valence-electron chi connectivity index (χ1n) is 6.98. The zero-order valence-corrected chi connectivity index (χ0v) is 11.6. The Morgan fingerprint density at radius 3 is 2.22 bits per heavy atom. The van der Waals surface area contributed by atoms with Crippen LogP contribution in [0.4, 0.5) is 0 Å². The fourth-order valence-corrected chi connectivity index (χ4v) is 3.04. The SMILES string of the molecule is CC(C)C1(C)CC(=O)N(C2CCC(N)CC2)C1=O. The second-order valence-electron chi connectivity index (χ2n) is 6.39. The van der Waals surface area contributed by atoms with E-state index in [2.05, 4.69) is 0 Å². The lowest BCUT2D eigenvalue weighted by molar-refractivity contribution is -0.145. The summed E-state index contributed by atoms with van der Waals surface area (Å²) in [6, 6.07) is 0.330. The average Bonchev–Trinajstić information content (AvgIpc) is 2.53. The molecule has 1 atom stereocenters. The van der Waals surface area contributed by atoms with Gasteiger partial charge in [-0.25, -0.2) is 0 Å². The highest BCUT2D eigenvalue weighted by molar-refractivity contribution is 6.06. The molecular weight excluding hydrogens is 228 g/mol. The Balaban J connectivity index is 2.15. The van der Waals surface area contributed by atoms with Crippen LogP contribution in [0.2, 0.25) is 0 Å². The number of rotatable bonds is 2. The fraction of sp³-hybridized carbons (Fsp3) is 0.857. The van der Waals surface area contributed by atoms with Gasteiger partial charge in [-0.15, -0.1) is 0 Å². The van der Waals surface area contributed by atoms with E-state index < -0.39 is 5.41 Å². The van der Waals surface area contributed by atoms with Gasteiger partial charge in [-0.2, -0.15) is 0 Å². The monoisotopic (exact) mass is 252 g/mol. The molecule has 0 bridgehead atoms. The normalized spacial score (nSPS) is 37.7. The first-order valence-corrected chi connectivity index (χ1v) is 6.98. The van der Waals surface area contributed by atoms with E-state index >= 15 is 0 Å². The number of nitrogens with zero attached hydrogens (tertiary/aromatic N) is 1. The van der Waals surface area contributed by atoms with Crippen molar-refractivity contribution in [1.82, 2.24) is 4.90 Å². The van der Waals surface area contributed by atoms with Crippen molar-refractivity contribution in [3.8, 4) is 0 Å². The third kappa shape index (κ3) is 2.07. The van der Waals surface area contributed by atoms with Crippen molar-refractivity contribution in [1.29, 1.82) is 0 Å². The Morgan fingerprint density at radius 2 is 1.78 bits per heavy atom. The van der Waals surface area contributed by atoms with Crippen LogP contribution in [0, 0.1) is 11.3 Å². The van der Waals surface area contributed by atoms with E-state index in [1.807, 2.05) is 20.8 Å². The van der Waals surface area contributed by atoms with Gasteiger partial charge in [0.2, 0.25) is 11.8 Å². The molecule has 1 saturated carbocycles. The fourth-order valence-electron chi connectivity index (χ4n) is 3.04. The predicted octanol–water partition coefficient (Wildman–Crippen LogP) is 1.68. The summed E-state index contributed by atoms with van der Waals surface area (Å²) in [4.78, 5) is 26.2. The summed E-state index contributed by atoms with van der Waals surface area (Å²) in [5.74, 6) is 0.240. The van der Waals surface area contributed by atoms with Gasteiger partial charge in [-0.05, 0) is 38.5 Å². The summed E-state index contributed by atoms with van der Waals surface area (Å²) in [7, 11) is 0. The van der Waals surface area contributed by atoms with Crippen molar-refractivity contribution in [3.05, 3.63) is 0 Å². The molecule has 0 radical (unpaired) electrons. The zero-order valence-electron chi connectivity index (χ0n) is 11.6. The highest BCUT2D eigenvalue weighted by Gasteiger charge is 2.52. The van der Waals surface area contributed by atoms with Crippen molar-refractivity contribution in [2.75, 3.05) is 0 Å². The largest absolute Gasteiger partial charge is 0.328 e. The third-order valence-corrected chi connectivity index (χ3v) is 4.88. The van der Waals surface area contributed by atoms with Gasteiger partial charge in [-0.3, -0.25) is 14.5 Å². The van der Waals surface area contributed by atoms with Gasteiger partial charge in [0.25, 0.3) is 0 Å². The molecule has 1 saturated heterocycles. The second kappa shape index (κ2) is 4.65. The van der Waals surface area contributed by atoms with Crippen molar-refractivity contribution in [3.63, 3.8) is 0 Å². The molecule has 2 N–H and O–H groups in total. The Labute approximate surface area is 109 Å². The second-order valence-corrected chi connectivity index (χ2v) is 6.39. The minimum atomic E-state index is -0.503. The van der Waals surface area contributed by atoms with E-state index in [9.17, 15) is 9.59 Å². The van der Waals surface area contributed by atoms with E-state index in [0.29, 0.717) is 6.42 Å². The van der Waals surface area contributed by atoms with Crippen molar-refractivity contribution < 1.29 is 9.59 Å². The Bertz CT molecular complexity index is 359. The van der Waals surface area contributed by atoms with E-state index in [1.165, 1.54) is 0 Å². The van der Waals surface area contributed by atoms with Gasteiger partial charge in [0.15, 0.2) is 0 Å². The lowest BCUT2D eigenvalue weighted by Gasteiger charge is -2.34. The number of likely N-dealkylation sites (tertiary alicyclic amines) is 1. The topological polar surface area (TPSA) is 63.4 Å². The van der Waals surface area contributed by atoms with Crippen LogP contribution >= 0.6 is 0 Å². The van der Waals surface area contributed by atoms with Crippen LogP contribution in [0.3, 0.4) is 0 Å². The third-order valence-electron chi connectivity index (χ3n) is 4.88. The highest BCUT2D eigenvalue weighted by atomic mass is 16.2. The smallest absolute Gasteiger partial charge is 0.236 e. The maximum absolute atomic E-state index is 12.5. The van der Waals surface area contributed by atoms with Crippen LogP contribution in [-0.4, -0.2) is 28.8 Å². The van der Waals surface area contributed by atoms with E-state index in [4.69, 9.17) is 5.73 Å². The summed E-state index contributed by atoms with van der Waals surface area (Å²) < 4.78 is 0. The van der Waals surface area contributed by atoms with Crippen LogP contribution in [-0.2, 0) is 9.59 Å². The van der Waals surface area contributed by atoms with Crippen LogP contribution < -0.4 is 5.73 Å². The van der Waals surface area contributed by atoms with Gasteiger partial charge >= 0.3 is 0 Å². The first kappa shape index (κ1) is 13.5. The molecule has 0 aromatic rings. The number of imide groups is 1. The van der Waals surface area contributed by atoms with Gasteiger partial charge in [0.1, 0.15) is 0 Å². The van der Waals surface area contributed by atoms with Crippen LogP contribution in [0.15, 0.2) is 0 Å². The molecule has 1 aliphatic heterocycles. The molecule has 4 nitrogen and oxygen atoms in total. The molecule has 0 aromatic heterocycles. The van der Waals surface area contributed by atoms with E-state index in [-0.39, 0.29) is 29.8 Å². The van der Waals surface area contributed by atoms with Crippen molar-refractivity contribution >= 4 is 11.8 Å². The molecule has 2 amide bonds. The number of carbonyl (C=O) groups excluding carboxylic acids is 2. The molecule has 18 heavy (non-hydrogen) atoms. The van der Waals surface area contributed by atoms with Crippen molar-refractivity contribution in [2.24, 2.45) is 17.1 Å². The minimum absolute atomic E-state index is 0.0108. The molecule has 1 unspecified atom stereocenters. The first-order chi connectivity index (χ1) is 8.36. The van der Waals surface area contributed by atoms with Gasteiger partial charge in [0.05, 0.1) is 5.41 Å². The van der Waals surface area contributed by atoms with Crippen LogP contribution in [0.1, 0.15) is 52.9 Å². The number of hydrogen-bond donors (Lipinski definition) is 1. The number of amides is 2. The summed E-state index contributed by atoms with van der Waals surface area (Å²) in [6.07, 6.45) is 3.94. The predicted molar refractivity (Wildman–Crippen MR) is 69.6 cm³/mol. The lowest BCUT2D eigenvalue weighted by atomic mass is 9.77. The summed E-state index contributed by atoms with van der Waals surface area (Å²) >= 11 is 0. The molecule has 1 aliphatic carbocycles. The number of nitrogens with two attached hydrogens (primary N) is 1. The van der Waals surface area contributed by atoms with Gasteiger partial charge in [-0.1, -0.05) is 13.8 Å². The molecule has 0 aromatic carbocycles. The Kier molecular flexibility index (Phi) is 3.49. The molecule has 102 valence electrons. The average molecular weight is 252 g/mol. The molecule has 4 heteroatoms. The van der Waals surface area contributed by atoms with Gasteiger partial charge < -0.3 is 5.73 Å². The van der Waals surface area contributed by atoms with Crippen molar-refractivity contribution in [2.45, 2.75) is 65.0 Å². The molecule has 2 fully saturated rings. The molecule has 2 rings (SSSR count). The Hall–Kier alpha value is -0.900. The standard InChI is InChI=1S/C14H24N2O2/c1-9(2)14(3)8-12(17)16(13(14)18)11-6-4-10(15)5-7-11/h9-11H,4-8,15H2,1-3H3. The van der Waals surface area contributed by atoms with Gasteiger partial charge in [0, 0.05) is 18.5 Å². The summed E-state index contributed by atoms with van der Waals surface area (Å²) in [5.41, 5.74) is 5.37. The quantitative estimate of drug-likeness (QED) is 0.760. The van der Waals surface area contributed by atoms with Crippen LogP contribution in [0.5, 0.6) is 0 Å². The number of hydrogen-bond acceptors (Lipinski definition) is 3. The minimum Gasteiger partial charge on any atom is -0.328 e. The van der Waals surface area contributed by atoms with E-state index in [0.717, 1.165) is 25.7 Å². The summed E-state index contributed by atoms with van der Waals surface area (Å²) in [6.45, 7) is 5.96. The van der Waals surface area contributed by atoms with Crippen LogP contribution in [0.25, 0.3) is 0 Å². The number of carbonyl (C=O) groups is 2. The maximum atomic E-state index is 12.5. The molecule has 1 heterocycles. The van der Waals surface area contributed by atoms with E-state index in [1.54, 1.807) is 4.90 Å². The molecule has 2 aliphatic rings. The zero-order chi connectivity index (χ0) is 13.5. The highest BCUT2D eigenvalue weighted by Crippen LogP contribution is 2.41. The molecule has 0 spiro atoms. The maximum Gasteiger partial charge on any atom is 0.236 e. The molecular formula is C14H24N2O2. The summed E-state index contributed by atoms with van der Waals surface area (Å²) in [5, 5.41) is 0. The Morgan fingerprint density at radius 1 is 1.22 bits per heavy atom. The lowest BCUT2D eigenvalue weighted by Crippen LogP contribution is -2.46.